The van der Waals surface area contributed by atoms with Crippen molar-refractivity contribution < 1.29 is 18.5 Å². The van der Waals surface area contributed by atoms with E-state index in [4.69, 9.17) is 9.47 Å². The van der Waals surface area contributed by atoms with E-state index in [1.54, 1.807) is 66.0 Å². The fourth-order valence-corrected chi connectivity index (χ4v) is 2.07. The summed E-state index contributed by atoms with van der Waals surface area (Å²) in [5, 5.41) is 0. The topological polar surface area (TPSA) is 65.0 Å². The summed E-state index contributed by atoms with van der Waals surface area (Å²) in [5.41, 5.74) is 0.605. The Hall–Kier alpha value is -1.69. The van der Waals surface area contributed by atoms with Crippen molar-refractivity contribution in [3.05, 3.63) is 29.8 Å². The number of hydrogen-bond acceptors (Lipinski definition) is 4. The first-order valence-corrected chi connectivity index (χ1v) is 8.12. The second-order valence-electron chi connectivity index (χ2n) is 5.98. The number of methoxy groups -OCH3 is 1. The Bertz CT molecular complexity index is 571. The SMILES string of the molecule is COc1ccc(/C(=N/[S@@](=O)C(C)(C)C)C(=O)OC(C)C)cc1. The Labute approximate surface area is 134 Å². The molecule has 0 bridgehead atoms. The van der Waals surface area contributed by atoms with E-state index in [1.165, 1.54) is 0 Å². The van der Waals surface area contributed by atoms with E-state index in [0.29, 0.717) is 11.3 Å². The minimum absolute atomic E-state index is 0.0598. The van der Waals surface area contributed by atoms with Gasteiger partial charge in [-0.25, -0.2) is 9.00 Å². The molecule has 5 nitrogen and oxygen atoms in total. The average Bonchev–Trinajstić information content (AvgIpc) is 2.42. The summed E-state index contributed by atoms with van der Waals surface area (Å²) < 4.78 is 26.1. The first kappa shape index (κ1) is 18.4. The fourth-order valence-electron chi connectivity index (χ4n) is 1.45. The molecule has 0 saturated carbocycles. The summed E-state index contributed by atoms with van der Waals surface area (Å²) in [7, 11) is 0.00665. The number of nitrogens with zero attached hydrogens (tertiary/aromatic N) is 1. The van der Waals surface area contributed by atoms with Gasteiger partial charge in [-0.1, -0.05) is 0 Å². The van der Waals surface area contributed by atoms with Crippen LogP contribution in [0.2, 0.25) is 0 Å². The first-order chi connectivity index (χ1) is 10.1. The molecule has 0 amide bonds. The van der Waals surface area contributed by atoms with E-state index >= 15 is 0 Å². The number of carbonyl (C=O) groups excluding carboxylic acids is 1. The van der Waals surface area contributed by atoms with Crippen molar-refractivity contribution >= 4 is 22.7 Å². The predicted octanol–water partition coefficient (Wildman–Crippen LogP) is 2.90. The van der Waals surface area contributed by atoms with Crippen LogP contribution in [0.25, 0.3) is 0 Å². The maximum Gasteiger partial charge on any atom is 0.358 e. The molecule has 0 heterocycles. The second kappa shape index (κ2) is 7.54. The van der Waals surface area contributed by atoms with Crippen LogP contribution in [0.3, 0.4) is 0 Å². The third-order valence-corrected chi connectivity index (χ3v) is 3.99. The summed E-state index contributed by atoms with van der Waals surface area (Å²) in [6.07, 6.45) is -0.279. The number of ether oxygens (including phenoxy) is 2. The van der Waals surface area contributed by atoms with Crippen molar-refractivity contribution in [3.8, 4) is 5.75 Å². The van der Waals surface area contributed by atoms with Gasteiger partial charge in [0.1, 0.15) is 16.7 Å². The molecule has 0 aliphatic heterocycles. The lowest BCUT2D eigenvalue weighted by Gasteiger charge is -2.16. The molecule has 6 heteroatoms. The molecule has 0 aliphatic carbocycles. The van der Waals surface area contributed by atoms with Gasteiger partial charge in [0.15, 0.2) is 5.71 Å². The molecule has 0 aliphatic rings. The van der Waals surface area contributed by atoms with Gasteiger partial charge in [-0.15, -0.1) is 0 Å². The van der Waals surface area contributed by atoms with Crippen molar-refractivity contribution in [2.24, 2.45) is 4.40 Å². The Balaban J connectivity index is 3.23. The van der Waals surface area contributed by atoms with Gasteiger partial charge in [0, 0.05) is 5.56 Å². The van der Waals surface area contributed by atoms with Crippen molar-refractivity contribution in [2.75, 3.05) is 7.11 Å². The van der Waals surface area contributed by atoms with Gasteiger partial charge in [-0.2, -0.15) is 4.40 Å². The van der Waals surface area contributed by atoms with Gasteiger partial charge in [0.05, 0.1) is 18.0 Å². The van der Waals surface area contributed by atoms with Crippen LogP contribution in [0.4, 0.5) is 0 Å². The lowest BCUT2D eigenvalue weighted by molar-refractivity contribution is -0.138. The molecular formula is C16H23NO4S. The van der Waals surface area contributed by atoms with Crippen LogP contribution in [0.15, 0.2) is 28.7 Å². The monoisotopic (exact) mass is 325 g/mol. The Morgan fingerprint density at radius 3 is 2.14 bits per heavy atom. The summed E-state index contributed by atoms with van der Waals surface area (Å²) in [4.78, 5) is 12.3. The number of benzene rings is 1. The van der Waals surface area contributed by atoms with Gasteiger partial charge in [0.25, 0.3) is 0 Å². The van der Waals surface area contributed by atoms with Crippen LogP contribution in [-0.2, 0) is 20.5 Å². The highest BCUT2D eigenvalue weighted by molar-refractivity contribution is 7.85. The molecule has 1 atom stereocenters. The lowest BCUT2D eigenvalue weighted by Crippen LogP contribution is -2.26. The zero-order chi connectivity index (χ0) is 16.9. The highest BCUT2D eigenvalue weighted by atomic mass is 32.2. The van der Waals surface area contributed by atoms with Gasteiger partial charge in [0.2, 0.25) is 0 Å². The van der Waals surface area contributed by atoms with E-state index < -0.39 is 21.7 Å². The largest absolute Gasteiger partial charge is 0.497 e. The quantitative estimate of drug-likeness (QED) is 0.617. The summed E-state index contributed by atoms with van der Waals surface area (Å²) in [6, 6.07) is 6.82. The van der Waals surface area contributed by atoms with E-state index in [2.05, 4.69) is 4.40 Å². The zero-order valence-electron chi connectivity index (χ0n) is 13.9. The molecule has 0 saturated heterocycles. The van der Waals surface area contributed by atoms with Crippen LogP contribution in [-0.4, -0.2) is 33.9 Å². The van der Waals surface area contributed by atoms with Gasteiger partial charge in [-0.3, -0.25) is 0 Å². The van der Waals surface area contributed by atoms with E-state index in [9.17, 15) is 9.00 Å². The Kier molecular flexibility index (Phi) is 6.29. The summed E-state index contributed by atoms with van der Waals surface area (Å²) >= 11 is 0. The van der Waals surface area contributed by atoms with E-state index in [0.717, 1.165) is 0 Å². The Morgan fingerprint density at radius 1 is 1.18 bits per heavy atom. The first-order valence-electron chi connectivity index (χ1n) is 7.01. The van der Waals surface area contributed by atoms with Crippen LogP contribution < -0.4 is 4.74 Å². The molecule has 0 radical (unpaired) electrons. The highest BCUT2D eigenvalue weighted by Crippen LogP contribution is 2.17. The molecule has 22 heavy (non-hydrogen) atoms. The van der Waals surface area contributed by atoms with Crippen molar-refractivity contribution in [3.63, 3.8) is 0 Å². The van der Waals surface area contributed by atoms with E-state index in [1.807, 2.05) is 0 Å². The molecule has 122 valence electrons. The molecule has 0 spiro atoms. The normalized spacial score (nSPS) is 13.9. The Morgan fingerprint density at radius 2 is 1.73 bits per heavy atom. The summed E-state index contributed by atoms with van der Waals surface area (Å²) in [6.45, 7) is 8.90. The maximum atomic E-state index is 12.3. The highest BCUT2D eigenvalue weighted by Gasteiger charge is 2.24. The smallest absolute Gasteiger partial charge is 0.358 e. The minimum Gasteiger partial charge on any atom is -0.497 e. The van der Waals surface area contributed by atoms with Crippen molar-refractivity contribution in [2.45, 2.75) is 45.5 Å². The number of hydrogen-bond donors (Lipinski definition) is 0. The van der Waals surface area contributed by atoms with Crippen LogP contribution in [0, 0.1) is 0 Å². The van der Waals surface area contributed by atoms with E-state index in [-0.39, 0.29) is 11.8 Å². The predicted molar refractivity (Wildman–Crippen MR) is 88.7 cm³/mol. The fraction of sp³-hybridized carbons (Fsp3) is 0.500. The van der Waals surface area contributed by atoms with Gasteiger partial charge in [-0.05, 0) is 58.9 Å². The molecule has 1 rings (SSSR count). The average molecular weight is 325 g/mol. The molecular weight excluding hydrogens is 302 g/mol. The summed E-state index contributed by atoms with van der Waals surface area (Å²) in [5.74, 6) is 0.0787. The zero-order valence-corrected chi connectivity index (χ0v) is 14.7. The van der Waals surface area contributed by atoms with Crippen molar-refractivity contribution in [1.29, 1.82) is 0 Å². The molecule has 1 aromatic carbocycles. The standard InChI is InChI=1S/C16H23NO4S/c1-11(2)21-15(18)14(17-22(19)16(3,4)5)12-7-9-13(20-6)10-8-12/h7-11H,1-6H3/b17-14-/t22-/m0/s1. The van der Waals surface area contributed by atoms with Crippen LogP contribution in [0.1, 0.15) is 40.2 Å². The van der Waals surface area contributed by atoms with Gasteiger partial charge >= 0.3 is 5.97 Å². The minimum atomic E-state index is -1.55. The third-order valence-electron chi connectivity index (χ3n) is 2.60. The van der Waals surface area contributed by atoms with Crippen molar-refractivity contribution in [1.82, 2.24) is 0 Å². The molecule has 0 fully saturated rings. The molecule has 0 N–H and O–H groups in total. The second-order valence-corrected chi connectivity index (χ2v) is 7.89. The number of carbonyl (C=O) groups is 1. The number of esters is 1. The molecule has 1 aromatic rings. The number of rotatable bonds is 5. The third kappa shape index (κ3) is 5.26. The van der Waals surface area contributed by atoms with Gasteiger partial charge < -0.3 is 9.47 Å². The van der Waals surface area contributed by atoms with Crippen LogP contribution in [0.5, 0.6) is 5.75 Å². The molecule has 0 unspecified atom stereocenters. The molecule has 0 aromatic heterocycles. The lowest BCUT2D eigenvalue weighted by atomic mass is 10.1. The maximum absolute atomic E-state index is 12.3. The van der Waals surface area contributed by atoms with Crippen LogP contribution >= 0.6 is 0 Å².